The first-order valence-corrected chi connectivity index (χ1v) is 8.19. The van der Waals surface area contributed by atoms with Crippen LogP contribution in [0.4, 0.5) is 0 Å². The predicted octanol–water partition coefficient (Wildman–Crippen LogP) is 2.40. The van der Waals surface area contributed by atoms with Crippen molar-refractivity contribution in [3.8, 4) is 0 Å². The summed E-state index contributed by atoms with van der Waals surface area (Å²) < 4.78 is 5.14. The second-order valence-corrected chi connectivity index (χ2v) is 6.57. The van der Waals surface area contributed by atoms with Crippen LogP contribution in [0.1, 0.15) is 61.2 Å². The van der Waals surface area contributed by atoms with Crippen molar-refractivity contribution in [2.75, 3.05) is 26.2 Å². The number of hydrogen-bond donors (Lipinski definition) is 1. The maximum absolute atomic E-state index is 12.0. The third kappa shape index (κ3) is 4.06. The number of aromatic nitrogens is 1. The van der Waals surface area contributed by atoms with Crippen molar-refractivity contribution < 1.29 is 9.32 Å². The average molecular weight is 291 g/mol. The molecule has 2 aliphatic rings. The quantitative estimate of drug-likeness (QED) is 0.874. The lowest BCUT2D eigenvalue weighted by atomic mass is 10.1. The van der Waals surface area contributed by atoms with Gasteiger partial charge in [0, 0.05) is 25.1 Å². The molecule has 1 atom stereocenters. The third-order valence-electron chi connectivity index (χ3n) is 4.38. The molecule has 0 aromatic carbocycles. The predicted molar refractivity (Wildman–Crippen MR) is 80.3 cm³/mol. The summed E-state index contributed by atoms with van der Waals surface area (Å²) >= 11 is 0. The Morgan fingerprint density at radius 3 is 2.90 bits per heavy atom. The third-order valence-corrected chi connectivity index (χ3v) is 4.38. The standard InChI is InChI=1S/C16H25N3O2/c1-12(11-19-7-3-2-4-8-19)10-17-16(20)15-9-14(18-21-15)13-5-6-13/h9,12-13H,2-8,10-11H2,1H3,(H,17,20). The van der Waals surface area contributed by atoms with Crippen LogP contribution < -0.4 is 5.32 Å². The number of nitrogens with one attached hydrogen (secondary N) is 1. The molecule has 3 rings (SSSR count). The minimum Gasteiger partial charge on any atom is -0.351 e. The van der Waals surface area contributed by atoms with Crippen molar-refractivity contribution >= 4 is 5.91 Å². The van der Waals surface area contributed by atoms with Crippen molar-refractivity contribution in [3.05, 3.63) is 17.5 Å². The Morgan fingerprint density at radius 2 is 2.19 bits per heavy atom. The highest BCUT2D eigenvalue weighted by atomic mass is 16.5. The smallest absolute Gasteiger partial charge is 0.289 e. The van der Waals surface area contributed by atoms with E-state index in [-0.39, 0.29) is 5.91 Å². The number of rotatable bonds is 6. The van der Waals surface area contributed by atoms with Crippen molar-refractivity contribution in [2.24, 2.45) is 5.92 Å². The van der Waals surface area contributed by atoms with E-state index in [9.17, 15) is 4.79 Å². The largest absolute Gasteiger partial charge is 0.351 e. The maximum atomic E-state index is 12.0. The summed E-state index contributed by atoms with van der Waals surface area (Å²) in [4.78, 5) is 14.5. The highest BCUT2D eigenvalue weighted by Crippen LogP contribution is 2.39. The van der Waals surface area contributed by atoms with Gasteiger partial charge >= 0.3 is 0 Å². The van der Waals surface area contributed by atoms with Crippen LogP contribution in [-0.4, -0.2) is 42.1 Å². The summed E-state index contributed by atoms with van der Waals surface area (Å²) in [5.74, 6) is 1.19. The van der Waals surface area contributed by atoms with Crippen LogP contribution in [-0.2, 0) is 0 Å². The molecule has 1 aromatic heterocycles. The first-order valence-electron chi connectivity index (χ1n) is 8.19. The molecule has 5 heteroatoms. The zero-order valence-corrected chi connectivity index (χ0v) is 12.8. The topological polar surface area (TPSA) is 58.4 Å². The number of carbonyl (C=O) groups excluding carboxylic acids is 1. The van der Waals surface area contributed by atoms with Gasteiger partial charge in [0.25, 0.3) is 5.91 Å². The van der Waals surface area contributed by atoms with Gasteiger partial charge in [-0.3, -0.25) is 4.79 Å². The molecule has 0 radical (unpaired) electrons. The van der Waals surface area contributed by atoms with E-state index >= 15 is 0 Å². The minimum absolute atomic E-state index is 0.139. The Bertz CT molecular complexity index is 476. The van der Waals surface area contributed by atoms with Crippen LogP contribution in [0.3, 0.4) is 0 Å². The monoisotopic (exact) mass is 291 g/mol. The molecule has 0 spiro atoms. The second-order valence-electron chi connectivity index (χ2n) is 6.57. The normalized spacial score (nSPS) is 21.2. The van der Waals surface area contributed by atoms with E-state index in [0.29, 0.717) is 24.1 Å². The number of likely N-dealkylation sites (tertiary alicyclic amines) is 1. The van der Waals surface area contributed by atoms with Crippen LogP contribution in [0, 0.1) is 5.92 Å². The van der Waals surface area contributed by atoms with Gasteiger partial charge < -0.3 is 14.7 Å². The fourth-order valence-corrected chi connectivity index (χ4v) is 2.97. The van der Waals surface area contributed by atoms with Gasteiger partial charge in [0.2, 0.25) is 5.76 Å². The summed E-state index contributed by atoms with van der Waals surface area (Å²) in [6.45, 7) is 6.33. The molecule has 1 amide bonds. The van der Waals surface area contributed by atoms with Crippen LogP contribution in [0.5, 0.6) is 0 Å². The Balaban J connectivity index is 1.41. The lowest BCUT2D eigenvalue weighted by molar-refractivity contribution is 0.0905. The molecule has 2 fully saturated rings. The highest BCUT2D eigenvalue weighted by molar-refractivity contribution is 5.91. The van der Waals surface area contributed by atoms with Gasteiger partial charge in [0.15, 0.2) is 0 Å². The molecule has 1 aliphatic heterocycles. The molecule has 21 heavy (non-hydrogen) atoms. The molecule has 1 unspecified atom stereocenters. The number of piperidine rings is 1. The van der Waals surface area contributed by atoms with E-state index in [4.69, 9.17) is 4.52 Å². The molecule has 1 aliphatic carbocycles. The van der Waals surface area contributed by atoms with Crippen LogP contribution >= 0.6 is 0 Å². The number of nitrogens with zero attached hydrogens (tertiary/aromatic N) is 2. The fourth-order valence-electron chi connectivity index (χ4n) is 2.97. The summed E-state index contributed by atoms with van der Waals surface area (Å²) in [6, 6.07) is 1.79. The van der Waals surface area contributed by atoms with Gasteiger partial charge in [-0.15, -0.1) is 0 Å². The highest BCUT2D eigenvalue weighted by Gasteiger charge is 2.28. The van der Waals surface area contributed by atoms with Gasteiger partial charge in [0.1, 0.15) is 0 Å². The first-order chi connectivity index (χ1) is 10.2. The molecule has 1 saturated carbocycles. The average Bonchev–Trinajstić information content (AvgIpc) is 3.23. The zero-order chi connectivity index (χ0) is 14.7. The molecule has 5 nitrogen and oxygen atoms in total. The molecule has 0 bridgehead atoms. The van der Waals surface area contributed by atoms with Crippen molar-refractivity contribution in [1.29, 1.82) is 0 Å². The van der Waals surface area contributed by atoms with Crippen LogP contribution in [0.2, 0.25) is 0 Å². The molecule has 116 valence electrons. The first kappa shape index (κ1) is 14.6. The van der Waals surface area contributed by atoms with E-state index in [2.05, 4.69) is 22.3 Å². The molecule has 2 heterocycles. The lowest BCUT2D eigenvalue weighted by Crippen LogP contribution is -2.38. The van der Waals surface area contributed by atoms with E-state index in [1.165, 1.54) is 45.2 Å². The van der Waals surface area contributed by atoms with Crippen molar-refractivity contribution in [2.45, 2.75) is 44.9 Å². The number of hydrogen-bond acceptors (Lipinski definition) is 4. The Kier molecular flexibility index (Phi) is 4.58. The number of amides is 1. The Hall–Kier alpha value is -1.36. The SMILES string of the molecule is CC(CNC(=O)c1cc(C2CC2)no1)CN1CCCCC1. The summed E-state index contributed by atoms with van der Waals surface area (Å²) in [6.07, 6.45) is 6.31. The van der Waals surface area contributed by atoms with Gasteiger partial charge in [-0.2, -0.15) is 0 Å². The lowest BCUT2D eigenvalue weighted by Gasteiger charge is -2.29. The van der Waals surface area contributed by atoms with Crippen molar-refractivity contribution in [1.82, 2.24) is 15.4 Å². The summed E-state index contributed by atoms with van der Waals surface area (Å²) in [5, 5.41) is 6.94. The zero-order valence-electron chi connectivity index (χ0n) is 12.8. The Labute approximate surface area is 126 Å². The maximum Gasteiger partial charge on any atom is 0.289 e. The Morgan fingerprint density at radius 1 is 1.43 bits per heavy atom. The molecular formula is C16H25N3O2. The summed E-state index contributed by atoms with van der Waals surface area (Å²) in [7, 11) is 0. The van der Waals surface area contributed by atoms with E-state index in [1.54, 1.807) is 6.07 Å². The molecule has 1 N–H and O–H groups in total. The summed E-state index contributed by atoms with van der Waals surface area (Å²) in [5.41, 5.74) is 0.932. The van der Waals surface area contributed by atoms with Gasteiger partial charge in [-0.1, -0.05) is 18.5 Å². The minimum atomic E-state index is -0.139. The second kappa shape index (κ2) is 6.60. The molecule has 1 aromatic rings. The van der Waals surface area contributed by atoms with Gasteiger partial charge in [0.05, 0.1) is 5.69 Å². The van der Waals surface area contributed by atoms with E-state index < -0.39 is 0 Å². The van der Waals surface area contributed by atoms with Crippen LogP contribution in [0.25, 0.3) is 0 Å². The molecular weight excluding hydrogens is 266 g/mol. The van der Waals surface area contributed by atoms with Gasteiger partial charge in [-0.25, -0.2) is 0 Å². The van der Waals surface area contributed by atoms with Crippen molar-refractivity contribution in [3.63, 3.8) is 0 Å². The van der Waals surface area contributed by atoms with Gasteiger partial charge in [-0.05, 0) is 44.7 Å². The van der Waals surface area contributed by atoms with E-state index in [1.807, 2.05) is 0 Å². The van der Waals surface area contributed by atoms with Crippen LogP contribution in [0.15, 0.2) is 10.6 Å². The van der Waals surface area contributed by atoms with E-state index in [0.717, 1.165) is 12.2 Å². The number of carbonyl (C=O) groups is 1. The fraction of sp³-hybridized carbons (Fsp3) is 0.750. The molecule has 1 saturated heterocycles.